The van der Waals surface area contributed by atoms with E-state index in [0.29, 0.717) is 12.1 Å². The Labute approximate surface area is 316 Å². The molecule has 0 spiro atoms. The van der Waals surface area contributed by atoms with Gasteiger partial charge < -0.3 is 20.4 Å². The summed E-state index contributed by atoms with van der Waals surface area (Å²) < 4.78 is 0. The summed E-state index contributed by atoms with van der Waals surface area (Å²) in [6.07, 6.45) is 16.0. The van der Waals surface area contributed by atoms with Crippen molar-refractivity contribution in [3.63, 3.8) is 0 Å². The molecule has 0 aromatic carbocycles. The highest BCUT2D eigenvalue weighted by molar-refractivity contribution is 5.73. The third kappa shape index (κ3) is 15.8. The van der Waals surface area contributed by atoms with Gasteiger partial charge in [0.05, 0.1) is 0 Å². The summed E-state index contributed by atoms with van der Waals surface area (Å²) in [5.74, 6) is 4.11. The van der Waals surface area contributed by atoms with Gasteiger partial charge >= 0.3 is 0 Å². The first-order chi connectivity index (χ1) is 25.4. The van der Waals surface area contributed by atoms with Gasteiger partial charge in [-0.1, -0.05) is 39.8 Å². The molecule has 52 heavy (non-hydrogen) atoms. The number of pyridine rings is 2. The van der Waals surface area contributed by atoms with E-state index in [9.17, 15) is 9.59 Å². The van der Waals surface area contributed by atoms with Crippen LogP contribution in [-0.2, 0) is 9.59 Å². The van der Waals surface area contributed by atoms with Crippen molar-refractivity contribution < 1.29 is 9.59 Å². The van der Waals surface area contributed by atoms with Gasteiger partial charge in [-0.3, -0.25) is 19.4 Å². The van der Waals surface area contributed by atoms with Gasteiger partial charge in [0.2, 0.25) is 11.8 Å². The number of nitrogens with one attached hydrogen (secondary N) is 2. The average Bonchev–Trinajstić information content (AvgIpc) is 3.20. The van der Waals surface area contributed by atoms with Crippen LogP contribution in [-0.4, -0.2) is 109 Å². The van der Waals surface area contributed by atoms with Crippen molar-refractivity contribution >= 4 is 23.5 Å². The zero-order valence-corrected chi connectivity index (χ0v) is 33.6. The number of nitrogens with zero attached hydrogens (tertiary/aromatic N) is 6. The zero-order chi connectivity index (χ0) is 37.6. The molecule has 4 aliphatic rings. The molecule has 0 unspecified atom stereocenters. The van der Waals surface area contributed by atoms with Crippen molar-refractivity contribution in [1.29, 1.82) is 0 Å². The number of carbonyl (C=O) groups is 2. The number of anilines is 2. The molecule has 10 nitrogen and oxygen atoms in total. The van der Waals surface area contributed by atoms with Crippen molar-refractivity contribution in [2.75, 3.05) is 75.2 Å². The molecule has 4 heterocycles. The number of rotatable bonds is 10. The molecular formula is C42H72N8O2. The summed E-state index contributed by atoms with van der Waals surface area (Å²) in [5.41, 5.74) is 0. The third-order valence-electron chi connectivity index (χ3n) is 10.9. The van der Waals surface area contributed by atoms with Crippen molar-refractivity contribution in [1.82, 2.24) is 30.4 Å². The quantitative estimate of drug-likeness (QED) is 0.283. The van der Waals surface area contributed by atoms with Crippen LogP contribution in [0.1, 0.15) is 106 Å². The lowest BCUT2D eigenvalue weighted by Gasteiger charge is -2.36. The van der Waals surface area contributed by atoms with Gasteiger partial charge in [-0.25, -0.2) is 9.97 Å². The molecule has 2 saturated heterocycles. The minimum atomic E-state index is 0.115. The lowest BCUT2D eigenvalue weighted by Crippen LogP contribution is -2.47. The topological polar surface area (TPSA) is 96.9 Å². The second kappa shape index (κ2) is 24.9. The van der Waals surface area contributed by atoms with E-state index in [2.05, 4.69) is 64.5 Å². The van der Waals surface area contributed by atoms with Crippen LogP contribution in [0.15, 0.2) is 48.8 Å². The second-order valence-electron chi connectivity index (χ2n) is 14.4. The molecule has 2 saturated carbocycles. The Hall–Kier alpha value is -3.24. The van der Waals surface area contributed by atoms with Crippen LogP contribution in [0.4, 0.5) is 11.6 Å². The number of amides is 2. The molecule has 2 aromatic heterocycles. The van der Waals surface area contributed by atoms with Crippen LogP contribution in [0.2, 0.25) is 0 Å². The Morgan fingerprint density at radius 2 is 0.904 bits per heavy atom. The summed E-state index contributed by atoms with van der Waals surface area (Å²) in [5, 5.41) is 6.13. The standard InChI is InChI=1S/2C19H30N4O.2C2H6/c2*1-16(24)21-18-7-5-17(6-8-18)9-11-22-12-14-23(15-13-22)19-4-2-3-10-20-19;2*1-2/h2*2-4,10,17-18H,5-9,11-15H2,1H3,(H,21,24);2*1-2H3. The summed E-state index contributed by atoms with van der Waals surface area (Å²) in [7, 11) is 0. The van der Waals surface area contributed by atoms with Crippen molar-refractivity contribution in [2.45, 2.75) is 118 Å². The summed E-state index contributed by atoms with van der Waals surface area (Å²) in [6.45, 7) is 22.5. The van der Waals surface area contributed by atoms with Gasteiger partial charge in [0.15, 0.2) is 0 Å². The van der Waals surface area contributed by atoms with Gasteiger partial charge in [0.1, 0.15) is 11.6 Å². The number of hydrogen-bond donors (Lipinski definition) is 2. The highest BCUT2D eigenvalue weighted by atomic mass is 16.2. The molecule has 0 atom stereocenters. The van der Waals surface area contributed by atoms with E-state index in [1.165, 1.54) is 51.6 Å². The van der Waals surface area contributed by atoms with Crippen LogP contribution in [0, 0.1) is 11.8 Å². The monoisotopic (exact) mass is 721 g/mol. The molecule has 2 amide bonds. The minimum Gasteiger partial charge on any atom is -0.354 e. The Balaban J connectivity index is 0.000000256. The smallest absolute Gasteiger partial charge is 0.217 e. The number of piperazine rings is 2. The van der Waals surface area contributed by atoms with E-state index in [1.807, 2.05) is 52.2 Å². The Kier molecular flexibility index (Phi) is 20.7. The SMILES string of the molecule is CC.CC.CC(=O)NC1CCC(CCN2CCN(c3ccccn3)CC2)CC1.CC(=O)NC1CCC(CCN2CCN(c3ccccn3)CC2)CC1. The normalized spacial score (nSPS) is 23.7. The van der Waals surface area contributed by atoms with E-state index in [4.69, 9.17) is 0 Å². The fraction of sp³-hybridized carbons (Fsp3) is 0.714. The Morgan fingerprint density at radius 3 is 1.19 bits per heavy atom. The van der Waals surface area contributed by atoms with E-state index < -0.39 is 0 Å². The zero-order valence-electron chi connectivity index (χ0n) is 33.6. The van der Waals surface area contributed by atoms with E-state index in [-0.39, 0.29) is 11.8 Å². The maximum Gasteiger partial charge on any atom is 0.217 e. The molecule has 4 fully saturated rings. The highest BCUT2D eigenvalue weighted by Gasteiger charge is 2.25. The Bertz CT molecular complexity index is 1110. The molecule has 2 N–H and O–H groups in total. The molecule has 2 aromatic rings. The predicted molar refractivity (Wildman–Crippen MR) is 217 cm³/mol. The van der Waals surface area contributed by atoms with Gasteiger partial charge in [-0.2, -0.15) is 0 Å². The molecule has 0 bridgehead atoms. The van der Waals surface area contributed by atoms with Crippen LogP contribution in [0.3, 0.4) is 0 Å². The van der Waals surface area contributed by atoms with Gasteiger partial charge in [-0.05, 0) is 113 Å². The van der Waals surface area contributed by atoms with Crippen LogP contribution in [0.25, 0.3) is 0 Å². The van der Waals surface area contributed by atoms with Crippen molar-refractivity contribution in [3.05, 3.63) is 48.8 Å². The van der Waals surface area contributed by atoms with E-state index >= 15 is 0 Å². The first-order valence-electron chi connectivity index (χ1n) is 20.7. The maximum atomic E-state index is 11.1. The van der Waals surface area contributed by atoms with Gasteiger partial charge in [0.25, 0.3) is 0 Å². The second-order valence-corrected chi connectivity index (χ2v) is 14.4. The van der Waals surface area contributed by atoms with Crippen LogP contribution in [0.5, 0.6) is 0 Å². The maximum absolute atomic E-state index is 11.1. The largest absolute Gasteiger partial charge is 0.354 e. The average molecular weight is 721 g/mol. The fourth-order valence-electron chi connectivity index (χ4n) is 7.98. The summed E-state index contributed by atoms with van der Waals surface area (Å²) >= 11 is 0. The van der Waals surface area contributed by atoms with E-state index in [1.54, 1.807) is 13.8 Å². The van der Waals surface area contributed by atoms with Gasteiger partial charge in [0, 0.05) is 90.7 Å². The number of aromatic nitrogens is 2. The van der Waals surface area contributed by atoms with Crippen LogP contribution >= 0.6 is 0 Å². The van der Waals surface area contributed by atoms with Crippen LogP contribution < -0.4 is 20.4 Å². The fourth-order valence-corrected chi connectivity index (χ4v) is 7.98. The minimum absolute atomic E-state index is 0.115. The highest BCUT2D eigenvalue weighted by Crippen LogP contribution is 2.28. The molecule has 2 aliphatic carbocycles. The molecular weight excluding hydrogens is 649 g/mol. The molecule has 2 aliphatic heterocycles. The Morgan fingerprint density at radius 1 is 0.558 bits per heavy atom. The molecule has 0 radical (unpaired) electrons. The van der Waals surface area contributed by atoms with Crippen molar-refractivity contribution in [2.24, 2.45) is 11.8 Å². The first kappa shape index (κ1) is 43.2. The van der Waals surface area contributed by atoms with Crippen molar-refractivity contribution in [3.8, 4) is 0 Å². The predicted octanol–water partition coefficient (Wildman–Crippen LogP) is 6.63. The molecule has 6 rings (SSSR count). The summed E-state index contributed by atoms with van der Waals surface area (Å²) in [6, 6.07) is 13.1. The molecule has 292 valence electrons. The third-order valence-corrected chi connectivity index (χ3v) is 10.9. The summed E-state index contributed by atoms with van der Waals surface area (Å²) in [4.78, 5) is 41.1. The lowest BCUT2D eigenvalue weighted by molar-refractivity contribution is -0.120. The lowest BCUT2D eigenvalue weighted by atomic mass is 9.84. The molecule has 10 heteroatoms. The first-order valence-corrected chi connectivity index (χ1v) is 20.7. The van der Waals surface area contributed by atoms with E-state index in [0.717, 1.165) is 102 Å². The number of hydrogen-bond acceptors (Lipinski definition) is 8. The van der Waals surface area contributed by atoms with Gasteiger partial charge in [-0.15, -0.1) is 0 Å². The number of carbonyl (C=O) groups excluding carboxylic acids is 2.